The number of rotatable bonds is 5. The van der Waals surface area contributed by atoms with Crippen LogP contribution in [0.3, 0.4) is 0 Å². The Bertz CT molecular complexity index is 535. The maximum absolute atomic E-state index is 11.9. The highest BCUT2D eigenvalue weighted by atomic mass is 79.9. The third-order valence-electron chi connectivity index (χ3n) is 2.65. The predicted molar refractivity (Wildman–Crippen MR) is 77.7 cm³/mol. The molecule has 1 heterocycles. The molecule has 0 spiro atoms. The van der Waals surface area contributed by atoms with Crippen LogP contribution in [0.25, 0.3) is 0 Å². The number of Topliss-reactive ketones (excluding diaryl/α,β-unsaturated/α-hetero) is 1. The van der Waals surface area contributed by atoms with Gasteiger partial charge in [-0.05, 0) is 51.5 Å². The van der Waals surface area contributed by atoms with E-state index < -0.39 is 0 Å². The summed E-state index contributed by atoms with van der Waals surface area (Å²) < 4.78 is 6.09. The Labute approximate surface area is 119 Å². The first-order valence-electron chi connectivity index (χ1n) is 5.60. The largest absolute Gasteiger partial charge is 0.496 e. The molecule has 0 aliphatic carbocycles. The molecule has 2 rings (SSSR count). The topological polar surface area (TPSA) is 26.3 Å². The molecule has 0 aliphatic rings. The number of hydrogen-bond acceptors (Lipinski definition) is 3. The van der Waals surface area contributed by atoms with Crippen LogP contribution in [0.5, 0.6) is 5.75 Å². The van der Waals surface area contributed by atoms with Crippen molar-refractivity contribution in [2.75, 3.05) is 7.11 Å². The van der Waals surface area contributed by atoms with E-state index in [1.54, 1.807) is 7.11 Å². The van der Waals surface area contributed by atoms with Crippen LogP contribution >= 0.6 is 27.3 Å². The SMILES string of the molecule is COc1ccc(CCC(=O)c2cccs2)cc1Br. The predicted octanol–water partition coefficient (Wildman–Crippen LogP) is 4.33. The van der Waals surface area contributed by atoms with E-state index in [1.165, 1.54) is 11.3 Å². The van der Waals surface area contributed by atoms with Gasteiger partial charge < -0.3 is 4.74 Å². The van der Waals surface area contributed by atoms with Crippen LogP contribution in [0.4, 0.5) is 0 Å². The fraction of sp³-hybridized carbons (Fsp3) is 0.214. The third-order valence-corrected chi connectivity index (χ3v) is 4.18. The van der Waals surface area contributed by atoms with Crippen molar-refractivity contribution in [1.29, 1.82) is 0 Å². The smallest absolute Gasteiger partial charge is 0.173 e. The summed E-state index contributed by atoms with van der Waals surface area (Å²) in [5.74, 6) is 1.01. The highest BCUT2D eigenvalue weighted by Gasteiger charge is 2.08. The van der Waals surface area contributed by atoms with Crippen molar-refractivity contribution in [2.45, 2.75) is 12.8 Å². The molecular formula is C14H13BrO2S. The van der Waals surface area contributed by atoms with E-state index in [1.807, 2.05) is 35.7 Å². The molecule has 1 aromatic carbocycles. The summed E-state index contributed by atoms with van der Waals surface area (Å²) in [6, 6.07) is 9.68. The third kappa shape index (κ3) is 3.21. The molecule has 0 bridgehead atoms. The van der Waals surface area contributed by atoms with Crippen molar-refractivity contribution in [2.24, 2.45) is 0 Å². The quantitative estimate of drug-likeness (QED) is 0.765. The average Bonchev–Trinajstić information content (AvgIpc) is 2.90. The molecule has 4 heteroatoms. The summed E-state index contributed by atoms with van der Waals surface area (Å²) in [5, 5.41) is 1.93. The van der Waals surface area contributed by atoms with Crippen LogP contribution in [0.15, 0.2) is 40.2 Å². The van der Waals surface area contributed by atoms with Gasteiger partial charge in [-0.25, -0.2) is 0 Å². The summed E-state index contributed by atoms with van der Waals surface area (Å²) in [4.78, 5) is 12.7. The molecular weight excluding hydrogens is 312 g/mol. The van der Waals surface area contributed by atoms with Gasteiger partial charge in [0.25, 0.3) is 0 Å². The highest BCUT2D eigenvalue weighted by molar-refractivity contribution is 9.10. The van der Waals surface area contributed by atoms with Gasteiger partial charge >= 0.3 is 0 Å². The summed E-state index contributed by atoms with van der Waals surface area (Å²) in [7, 11) is 1.64. The van der Waals surface area contributed by atoms with Gasteiger partial charge in [-0.1, -0.05) is 12.1 Å². The number of ketones is 1. The van der Waals surface area contributed by atoms with Crippen LogP contribution in [-0.2, 0) is 6.42 Å². The Morgan fingerprint density at radius 2 is 2.22 bits per heavy atom. The van der Waals surface area contributed by atoms with E-state index in [9.17, 15) is 4.79 Å². The molecule has 0 N–H and O–H groups in total. The lowest BCUT2D eigenvalue weighted by molar-refractivity contribution is 0.0987. The van der Waals surface area contributed by atoms with Gasteiger partial charge in [0.2, 0.25) is 0 Å². The van der Waals surface area contributed by atoms with Gasteiger partial charge in [-0.2, -0.15) is 0 Å². The maximum atomic E-state index is 11.9. The molecule has 1 aromatic heterocycles. The molecule has 2 aromatic rings. The number of benzene rings is 1. The fourth-order valence-corrected chi connectivity index (χ4v) is 2.97. The van der Waals surface area contributed by atoms with E-state index in [2.05, 4.69) is 15.9 Å². The summed E-state index contributed by atoms with van der Waals surface area (Å²) >= 11 is 4.94. The van der Waals surface area contributed by atoms with Crippen molar-refractivity contribution in [3.8, 4) is 5.75 Å². The summed E-state index contributed by atoms with van der Waals surface area (Å²) in [5.41, 5.74) is 1.13. The Balaban J connectivity index is 1.98. The van der Waals surface area contributed by atoms with Gasteiger partial charge in [-0.15, -0.1) is 11.3 Å². The minimum absolute atomic E-state index is 0.206. The Kier molecular flexibility index (Phi) is 4.55. The van der Waals surface area contributed by atoms with Gasteiger partial charge in [0, 0.05) is 6.42 Å². The minimum atomic E-state index is 0.206. The average molecular weight is 325 g/mol. The minimum Gasteiger partial charge on any atom is -0.496 e. The lowest BCUT2D eigenvalue weighted by Crippen LogP contribution is -1.98. The number of thiophene rings is 1. The van der Waals surface area contributed by atoms with E-state index in [0.717, 1.165) is 27.1 Å². The fourth-order valence-electron chi connectivity index (χ4n) is 1.68. The zero-order valence-electron chi connectivity index (χ0n) is 9.98. The van der Waals surface area contributed by atoms with Crippen LogP contribution < -0.4 is 4.74 Å². The molecule has 18 heavy (non-hydrogen) atoms. The number of halogens is 1. The second kappa shape index (κ2) is 6.16. The van der Waals surface area contributed by atoms with Crippen molar-refractivity contribution in [1.82, 2.24) is 0 Å². The van der Waals surface area contributed by atoms with E-state index in [4.69, 9.17) is 4.74 Å². The number of ether oxygens (including phenoxy) is 1. The lowest BCUT2D eigenvalue weighted by Gasteiger charge is -2.05. The molecule has 0 fully saturated rings. The Morgan fingerprint density at radius 3 is 2.83 bits per heavy atom. The zero-order valence-corrected chi connectivity index (χ0v) is 12.4. The molecule has 2 nitrogen and oxygen atoms in total. The van der Waals surface area contributed by atoms with Crippen LogP contribution in [0.2, 0.25) is 0 Å². The van der Waals surface area contributed by atoms with Crippen LogP contribution in [0.1, 0.15) is 21.7 Å². The molecule has 0 saturated heterocycles. The Hall–Kier alpha value is -1.13. The summed E-state index contributed by atoms with van der Waals surface area (Å²) in [6.07, 6.45) is 1.29. The number of hydrogen-bond donors (Lipinski definition) is 0. The van der Waals surface area contributed by atoms with Crippen LogP contribution in [0, 0.1) is 0 Å². The number of carbonyl (C=O) groups excluding carboxylic acids is 1. The molecule has 0 aliphatic heterocycles. The first-order chi connectivity index (χ1) is 8.70. The monoisotopic (exact) mass is 324 g/mol. The van der Waals surface area contributed by atoms with E-state index >= 15 is 0 Å². The lowest BCUT2D eigenvalue weighted by atomic mass is 10.1. The first-order valence-corrected chi connectivity index (χ1v) is 7.27. The number of aryl methyl sites for hydroxylation is 1. The molecule has 94 valence electrons. The molecule has 0 amide bonds. The Morgan fingerprint density at radius 1 is 1.39 bits per heavy atom. The van der Waals surface area contributed by atoms with Crippen molar-refractivity contribution in [3.63, 3.8) is 0 Å². The molecule has 0 radical (unpaired) electrons. The molecule has 0 unspecified atom stereocenters. The van der Waals surface area contributed by atoms with Crippen LogP contribution in [-0.4, -0.2) is 12.9 Å². The van der Waals surface area contributed by atoms with Gasteiger partial charge in [-0.3, -0.25) is 4.79 Å². The second-order valence-corrected chi connectivity index (χ2v) is 5.67. The van der Waals surface area contributed by atoms with Gasteiger partial charge in [0.05, 0.1) is 16.5 Å². The van der Waals surface area contributed by atoms with Gasteiger partial charge in [0.15, 0.2) is 5.78 Å². The standard InChI is InChI=1S/C14H13BrO2S/c1-17-13-7-5-10(9-11(13)15)4-6-12(16)14-3-2-8-18-14/h2-3,5,7-9H,4,6H2,1H3. The van der Waals surface area contributed by atoms with Crippen molar-refractivity contribution >= 4 is 33.0 Å². The van der Waals surface area contributed by atoms with Crippen molar-refractivity contribution in [3.05, 3.63) is 50.6 Å². The summed E-state index contributed by atoms with van der Waals surface area (Å²) in [6.45, 7) is 0. The zero-order chi connectivity index (χ0) is 13.0. The second-order valence-electron chi connectivity index (χ2n) is 3.87. The number of carbonyl (C=O) groups is 1. The molecule has 0 atom stereocenters. The molecule has 0 saturated carbocycles. The van der Waals surface area contributed by atoms with E-state index in [-0.39, 0.29) is 5.78 Å². The highest BCUT2D eigenvalue weighted by Crippen LogP contribution is 2.26. The number of methoxy groups -OCH3 is 1. The van der Waals surface area contributed by atoms with E-state index in [0.29, 0.717) is 6.42 Å². The van der Waals surface area contributed by atoms with Crippen molar-refractivity contribution < 1.29 is 9.53 Å². The normalized spacial score (nSPS) is 10.3. The first kappa shape index (κ1) is 13.3. The maximum Gasteiger partial charge on any atom is 0.173 e. The van der Waals surface area contributed by atoms with Gasteiger partial charge in [0.1, 0.15) is 5.75 Å².